The van der Waals surface area contributed by atoms with Crippen molar-refractivity contribution in [3.63, 3.8) is 0 Å². The summed E-state index contributed by atoms with van der Waals surface area (Å²) in [5.74, 6) is -4.00. The highest BCUT2D eigenvalue weighted by atomic mass is 19.2. The average Bonchev–Trinajstić information content (AvgIpc) is 2.10. The van der Waals surface area contributed by atoms with E-state index in [4.69, 9.17) is 5.11 Å². The molecule has 0 aliphatic rings. The molecule has 0 aliphatic heterocycles. The van der Waals surface area contributed by atoms with Crippen molar-refractivity contribution in [1.29, 1.82) is 0 Å². The molecule has 0 unspecified atom stereocenters. The van der Waals surface area contributed by atoms with E-state index in [0.29, 0.717) is 0 Å². The van der Waals surface area contributed by atoms with Crippen LogP contribution in [0.4, 0.5) is 14.5 Å². The lowest BCUT2D eigenvalue weighted by molar-refractivity contribution is 0.0692. The van der Waals surface area contributed by atoms with E-state index in [1.165, 1.54) is 6.07 Å². The topological polar surface area (TPSA) is 49.3 Å². The average molecular weight is 215 g/mol. The third kappa shape index (κ3) is 2.43. The lowest BCUT2D eigenvalue weighted by Gasteiger charge is -2.13. The minimum Gasteiger partial charge on any atom is -0.478 e. The van der Waals surface area contributed by atoms with Crippen LogP contribution < -0.4 is 5.32 Å². The Kier molecular flexibility index (Phi) is 3.24. The van der Waals surface area contributed by atoms with Crippen LogP contribution in [0.25, 0.3) is 0 Å². The van der Waals surface area contributed by atoms with Crippen LogP contribution in [0, 0.1) is 11.6 Å². The Hall–Kier alpha value is -1.65. The van der Waals surface area contributed by atoms with Crippen LogP contribution in [-0.4, -0.2) is 17.1 Å². The number of anilines is 1. The highest BCUT2D eigenvalue weighted by Crippen LogP contribution is 2.22. The van der Waals surface area contributed by atoms with Gasteiger partial charge in [-0.15, -0.1) is 0 Å². The first-order valence-electron chi connectivity index (χ1n) is 4.41. The maximum absolute atomic E-state index is 13.2. The summed E-state index contributed by atoms with van der Waals surface area (Å²) in [6.45, 7) is 3.54. The summed E-state index contributed by atoms with van der Waals surface area (Å²) in [6.07, 6.45) is 0. The van der Waals surface area contributed by atoms with E-state index in [9.17, 15) is 13.6 Å². The van der Waals surface area contributed by atoms with Gasteiger partial charge in [0.25, 0.3) is 0 Å². The molecule has 1 aromatic rings. The van der Waals surface area contributed by atoms with Crippen LogP contribution in [0.5, 0.6) is 0 Å². The smallest absolute Gasteiger partial charge is 0.340 e. The number of benzene rings is 1. The third-order valence-corrected chi connectivity index (χ3v) is 1.75. The predicted molar refractivity (Wildman–Crippen MR) is 52.1 cm³/mol. The quantitative estimate of drug-likeness (QED) is 0.814. The minimum atomic E-state index is -1.49. The molecule has 0 fully saturated rings. The third-order valence-electron chi connectivity index (χ3n) is 1.75. The van der Waals surface area contributed by atoms with Crippen LogP contribution in [0.15, 0.2) is 12.1 Å². The summed E-state index contributed by atoms with van der Waals surface area (Å²) in [5, 5.41) is 11.5. The van der Waals surface area contributed by atoms with Gasteiger partial charge in [-0.2, -0.15) is 0 Å². The number of halogens is 2. The van der Waals surface area contributed by atoms with Crippen molar-refractivity contribution in [3.05, 3.63) is 29.3 Å². The Morgan fingerprint density at radius 3 is 2.47 bits per heavy atom. The fraction of sp³-hybridized carbons (Fsp3) is 0.300. The van der Waals surface area contributed by atoms with E-state index in [1.807, 2.05) is 0 Å². The number of carboxylic acids is 1. The maximum atomic E-state index is 13.2. The number of aromatic carboxylic acids is 1. The summed E-state index contributed by atoms with van der Waals surface area (Å²) in [5.41, 5.74) is -0.583. The normalized spacial score (nSPS) is 10.5. The second-order valence-corrected chi connectivity index (χ2v) is 3.39. The highest BCUT2D eigenvalue weighted by molar-refractivity contribution is 5.94. The van der Waals surface area contributed by atoms with Crippen LogP contribution in [-0.2, 0) is 0 Å². The second kappa shape index (κ2) is 4.25. The molecule has 1 rings (SSSR count). The largest absolute Gasteiger partial charge is 0.478 e. The van der Waals surface area contributed by atoms with Crippen LogP contribution in [0.3, 0.4) is 0 Å². The Bertz CT molecular complexity index is 391. The van der Waals surface area contributed by atoms with Crippen molar-refractivity contribution in [3.8, 4) is 0 Å². The van der Waals surface area contributed by atoms with Crippen LogP contribution in [0.2, 0.25) is 0 Å². The molecule has 0 radical (unpaired) electrons. The monoisotopic (exact) mass is 215 g/mol. The van der Waals surface area contributed by atoms with E-state index < -0.39 is 23.2 Å². The van der Waals surface area contributed by atoms with Gasteiger partial charge in [0, 0.05) is 6.04 Å². The van der Waals surface area contributed by atoms with Crippen LogP contribution >= 0.6 is 0 Å². The Morgan fingerprint density at radius 1 is 1.40 bits per heavy atom. The first-order chi connectivity index (χ1) is 6.93. The van der Waals surface area contributed by atoms with Crippen molar-refractivity contribution >= 4 is 11.7 Å². The molecule has 0 atom stereocenters. The number of hydrogen-bond acceptors (Lipinski definition) is 2. The van der Waals surface area contributed by atoms with Crippen LogP contribution in [0.1, 0.15) is 24.2 Å². The molecule has 2 N–H and O–H groups in total. The van der Waals surface area contributed by atoms with Gasteiger partial charge in [0.1, 0.15) is 5.56 Å². The predicted octanol–water partition coefficient (Wildman–Crippen LogP) is 2.48. The number of nitrogens with one attached hydrogen (secondary N) is 1. The van der Waals surface area contributed by atoms with Gasteiger partial charge in [-0.1, -0.05) is 0 Å². The standard InChI is InChI=1S/C10H11F2NO2/c1-5(2)13-7-4-3-6(11)9(12)8(7)10(14)15/h3-5,13H,1-2H3,(H,14,15). The zero-order chi connectivity index (χ0) is 11.6. The van der Waals surface area contributed by atoms with Gasteiger partial charge in [-0.25, -0.2) is 13.6 Å². The minimum absolute atomic E-state index is 0.0621. The van der Waals surface area contributed by atoms with Crippen molar-refractivity contribution in [2.75, 3.05) is 5.32 Å². The van der Waals surface area contributed by atoms with Gasteiger partial charge in [-0.05, 0) is 26.0 Å². The molecule has 15 heavy (non-hydrogen) atoms. The zero-order valence-corrected chi connectivity index (χ0v) is 8.34. The van der Waals surface area contributed by atoms with Gasteiger partial charge < -0.3 is 10.4 Å². The lowest BCUT2D eigenvalue weighted by atomic mass is 10.1. The highest BCUT2D eigenvalue weighted by Gasteiger charge is 2.19. The molecule has 0 saturated carbocycles. The SMILES string of the molecule is CC(C)Nc1ccc(F)c(F)c1C(=O)O. The molecule has 0 saturated heterocycles. The molecule has 82 valence electrons. The number of carboxylic acid groups (broad SMARTS) is 1. The van der Waals surface area contributed by atoms with Crippen molar-refractivity contribution in [1.82, 2.24) is 0 Å². The fourth-order valence-electron chi connectivity index (χ4n) is 1.19. The van der Waals surface area contributed by atoms with E-state index in [-0.39, 0.29) is 11.7 Å². The summed E-state index contributed by atoms with van der Waals surface area (Å²) >= 11 is 0. The zero-order valence-electron chi connectivity index (χ0n) is 8.34. The first-order valence-corrected chi connectivity index (χ1v) is 4.41. The van der Waals surface area contributed by atoms with Gasteiger partial charge in [0.15, 0.2) is 11.6 Å². The molecule has 0 amide bonds. The summed E-state index contributed by atoms with van der Waals surface area (Å²) in [7, 11) is 0. The number of rotatable bonds is 3. The summed E-state index contributed by atoms with van der Waals surface area (Å²) in [6, 6.07) is 2.04. The summed E-state index contributed by atoms with van der Waals surface area (Å²) in [4.78, 5) is 10.7. The second-order valence-electron chi connectivity index (χ2n) is 3.39. The van der Waals surface area contributed by atoms with Crippen molar-refractivity contribution < 1.29 is 18.7 Å². The van der Waals surface area contributed by atoms with Gasteiger partial charge in [0.2, 0.25) is 0 Å². The molecular weight excluding hydrogens is 204 g/mol. The van der Waals surface area contributed by atoms with E-state index in [2.05, 4.69) is 5.32 Å². The Labute approximate surface area is 85.7 Å². The van der Waals surface area contributed by atoms with Crippen molar-refractivity contribution in [2.45, 2.75) is 19.9 Å². The van der Waals surface area contributed by atoms with E-state index in [1.54, 1.807) is 13.8 Å². The lowest BCUT2D eigenvalue weighted by Crippen LogP contribution is -2.15. The molecule has 0 bridgehead atoms. The van der Waals surface area contributed by atoms with E-state index in [0.717, 1.165) is 6.07 Å². The molecule has 0 aliphatic carbocycles. The maximum Gasteiger partial charge on any atom is 0.340 e. The number of hydrogen-bond donors (Lipinski definition) is 2. The van der Waals surface area contributed by atoms with Gasteiger partial charge >= 0.3 is 5.97 Å². The fourth-order valence-corrected chi connectivity index (χ4v) is 1.19. The molecule has 3 nitrogen and oxygen atoms in total. The van der Waals surface area contributed by atoms with E-state index >= 15 is 0 Å². The molecule has 0 heterocycles. The molecule has 1 aromatic carbocycles. The number of carbonyl (C=O) groups is 1. The molecule has 0 spiro atoms. The molecular formula is C10H11F2NO2. The Balaban J connectivity index is 3.27. The first kappa shape index (κ1) is 11.4. The summed E-state index contributed by atoms with van der Waals surface area (Å²) < 4.78 is 26.0. The Morgan fingerprint density at radius 2 is 2.00 bits per heavy atom. The van der Waals surface area contributed by atoms with Crippen molar-refractivity contribution in [2.24, 2.45) is 0 Å². The molecule has 5 heteroatoms. The molecule has 0 aromatic heterocycles. The van der Waals surface area contributed by atoms with Gasteiger partial charge in [0.05, 0.1) is 5.69 Å². The van der Waals surface area contributed by atoms with Gasteiger partial charge in [-0.3, -0.25) is 0 Å².